The summed E-state index contributed by atoms with van der Waals surface area (Å²) in [6, 6.07) is 0. The maximum Gasteiger partial charge on any atom is 0.309 e. The molecule has 2 fully saturated rings. The molecule has 0 radical (unpaired) electrons. The number of cyclic esters (lactones) is 1. The zero-order chi connectivity index (χ0) is 25.2. The number of aromatic nitrogens is 1. The Morgan fingerprint density at radius 3 is 2.56 bits per heavy atom. The number of ketones is 1. The van der Waals surface area contributed by atoms with E-state index in [0.29, 0.717) is 6.42 Å². The van der Waals surface area contributed by atoms with Crippen LogP contribution in [0.1, 0.15) is 77.4 Å². The van der Waals surface area contributed by atoms with E-state index in [-0.39, 0.29) is 30.3 Å². The summed E-state index contributed by atoms with van der Waals surface area (Å²) in [5, 5.41) is 24.5. The molecular formula is C26H39NO6S. The minimum Gasteiger partial charge on any atom is -0.458 e. The highest BCUT2D eigenvalue weighted by molar-refractivity contribution is 7.09. The highest BCUT2D eigenvalue weighted by Crippen LogP contribution is 2.36. The number of aryl methyl sites for hydroxylation is 1. The van der Waals surface area contributed by atoms with Gasteiger partial charge in [0.1, 0.15) is 11.9 Å². The van der Waals surface area contributed by atoms with Crippen molar-refractivity contribution in [1.82, 2.24) is 4.98 Å². The second-order valence-corrected chi connectivity index (χ2v) is 11.7. The first kappa shape index (κ1) is 27.0. The van der Waals surface area contributed by atoms with Crippen LogP contribution in [0.2, 0.25) is 0 Å². The van der Waals surface area contributed by atoms with Crippen LogP contribution in [-0.4, -0.2) is 57.5 Å². The van der Waals surface area contributed by atoms with Gasteiger partial charge in [0.25, 0.3) is 0 Å². The van der Waals surface area contributed by atoms with Crippen LogP contribution in [0.25, 0.3) is 6.08 Å². The predicted molar refractivity (Wildman–Crippen MR) is 131 cm³/mol. The molecule has 0 aromatic carbocycles. The van der Waals surface area contributed by atoms with Crippen molar-refractivity contribution in [1.29, 1.82) is 0 Å². The van der Waals surface area contributed by atoms with Gasteiger partial charge in [0, 0.05) is 17.7 Å². The third kappa shape index (κ3) is 6.53. The number of rotatable bonds is 2. The minimum absolute atomic E-state index is 0.00770. The highest BCUT2D eigenvalue weighted by atomic mass is 32.1. The SMILES string of the molecule is CC(=Cc1csc(C)n1)[C@H]1C[C@H]2O[C@H]2CCC[C@@H](C)[C@@H](O)[C@H](C)C(=O)C(C)(C)[C@H](O)CC(=O)O1. The maximum atomic E-state index is 13.2. The number of esters is 1. The van der Waals surface area contributed by atoms with E-state index in [4.69, 9.17) is 9.47 Å². The Labute approximate surface area is 206 Å². The van der Waals surface area contributed by atoms with Gasteiger partial charge in [0.05, 0.1) is 47.0 Å². The molecule has 2 aliphatic rings. The number of thiazole rings is 1. The second-order valence-electron chi connectivity index (χ2n) is 10.6. The molecule has 7 atom stereocenters. The van der Waals surface area contributed by atoms with Gasteiger partial charge in [0.15, 0.2) is 0 Å². The zero-order valence-corrected chi connectivity index (χ0v) is 21.9. The number of hydrogen-bond acceptors (Lipinski definition) is 8. The highest BCUT2D eigenvalue weighted by Gasteiger charge is 2.44. The number of hydrogen-bond donors (Lipinski definition) is 2. The lowest BCUT2D eigenvalue weighted by molar-refractivity contribution is -0.154. The fourth-order valence-electron chi connectivity index (χ4n) is 4.78. The van der Waals surface area contributed by atoms with Gasteiger partial charge < -0.3 is 19.7 Å². The summed E-state index contributed by atoms with van der Waals surface area (Å²) < 4.78 is 11.7. The van der Waals surface area contributed by atoms with Crippen molar-refractivity contribution in [2.45, 2.75) is 104 Å². The molecule has 0 bridgehead atoms. The molecule has 0 amide bonds. The average Bonchev–Trinajstić information content (AvgIpc) is 3.38. The quantitative estimate of drug-likeness (QED) is 0.472. The van der Waals surface area contributed by atoms with E-state index in [1.807, 2.05) is 32.2 Å². The van der Waals surface area contributed by atoms with Gasteiger partial charge in [-0.15, -0.1) is 11.3 Å². The molecule has 0 aliphatic carbocycles. The Kier molecular flexibility index (Phi) is 8.71. The van der Waals surface area contributed by atoms with Gasteiger partial charge >= 0.3 is 5.97 Å². The minimum atomic E-state index is -1.22. The van der Waals surface area contributed by atoms with Gasteiger partial charge in [-0.1, -0.05) is 34.1 Å². The third-order valence-corrected chi connectivity index (χ3v) is 8.20. The Balaban J connectivity index is 1.81. The van der Waals surface area contributed by atoms with E-state index in [9.17, 15) is 19.8 Å². The van der Waals surface area contributed by atoms with Crippen LogP contribution in [-0.2, 0) is 19.1 Å². The van der Waals surface area contributed by atoms with E-state index >= 15 is 0 Å². The Bertz CT molecular complexity index is 909. The van der Waals surface area contributed by atoms with E-state index in [0.717, 1.165) is 35.5 Å². The number of fused-ring (bicyclic) bond motifs is 1. The molecular weight excluding hydrogens is 454 g/mol. The monoisotopic (exact) mass is 493 g/mol. The topological polar surface area (TPSA) is 109 Å². The first-order valence-corrected chi connectivity index (χ1v) is 13.1. The van der Waals surface area contributed by atoms with Crippen LogP contribution >= 0.6 is 11.3 Å². The van der Waals surface area contributed by atoms with Crippen LogP contribution in [0.15, 0.2) is 11.0 Å². The molecule has 7 nitrogen and oxygen atoms in total. The molecule has 0 saturated carbocycles. The number of Topliss-reactive ketones (excluding diaryl/α,β-unsaturated/α-hetero) is 1. The number of aliphatic hydroxyl groups excluding tert-OH is 2. The van der Waals surface area contributed by atoms with Gasteiger partial charge in [-0.25, -0.2) is 4.98 Å². The summed E-state index contributed by atoms with van der Waals surface area (Å²) >= 11 is 1.56. The molecule has 0 unspecified atom stereocenters. The Morgan fingerprint density at radius 2 is 1.91 bits per heavy atom. The standard InChI is InChI=1S/C26H39NO6S/c1-14-8-7-9-19-21(32-19)11-20(15(2)10-18-13-34-17(4)27-18)33-23(29)12-22(28)26(5,6)25(31)16(3)24(14)30/h10,13-14,16,19-22,24,28,30H,7-9,11-12H2,1-6H3/t14-,16+,19+,20-,21-,22-,24-/m1/s1. The van der Waals surface area contributed by atoms with Crippen molar-refractivity contribution in [3.05, 3.63) is 21.7 Å². The number of ether oxygens (including phenoxy) is 2. The smallest absolute Gasteiger partial charge is 0.309 e. The molecule has 3 heterocycles. The summed E-state index contributed by atoms with van der Waals surface area (Å²) in [6.07, 6.45) is 2.28. The van der Waals surface area contributed by atoms with Crippen LogP contribution in [0.4, 0.5) is 0 Å². The normalized spacial score (nSPS) is 36.0. The van der Waals surface area contributed by atoms with E-state index < -0.39 is 35.6 Å². The van der Waals surface area contributed by atoms with E-state index in [2.05, 4.69) is 4.98 Å². The molecule has 34 heavy (non-hydrogen) atoms. The van der Waals surface area contributed by atoms with Crippen molar-refractivity contribution in [3.63, 3.8) is 0 Å². The first-order valence-electron chi connectivity index (χ1n) is 12.3. The van der Waals surface area contributed by atoms with Crippen molar-refractivity contribution in [3.8, 4) is 0 Å². The molecule has 2 saturated heterocycles. The lowest BCUT2D eigenvalue weighted by Crippen LogP contribution is -2.45. The number of carbonyl (C=O) groups excluding carboxylic acids is 2. The average molecular weight is 494 g/mol. The number of aliphatic hydroxyl groups is 2. The Hall–Kier alpha value is -1.61. The largest absolute Gasteiger partial charge is 0.458 e. The Morgan fingerprint density at radius 1 is 1.21 bits per heavy atom. The van der Waals surface area contributed by atoms with Crippen LogP contribution < -0.4 is 0 Å². The van der Waals surface area contributed by atoms with Gasteiger partial charge in [-0.2, -0.15) is 0 Å². The number of epoxide rings is 1. The molecule has 1 aromatic rings. The summed E-state index contributed by atoms with van der Waals surface area (Å²) in [4.78, 5) is 30.5. The lowest BCUT2D eigenvalue weighted by Gasteiger charge is -2.34. The number of nitrogens with zero attached hydrogens (tertiary/aromatic N) is 1. The summed E-state index contributed by atoms with van der Waals surface area (Å²) in [7, 11) is 0. The lowest BCUT2D eigenvalue weighted by atomic mass is 9.73. The van der Waals surface area contributed by atoms with Crippen LogP contribution in [0.3, 0.4) is 0 Å². The van der Waals surface area contributed by atoms with Crippen LogP contribution in [0, 0.1) is 24.2 Å². The first-order chi connectivity index (χ1) is 15.9. The fraction of sp³-hybridized carbons (Fsp3) is 0.731. The van der Waals surface area contributed by atoms with Crippen molar-refractivity contribution < 1.29 is 29.3 Å². The fourth-order valence-corrected chi connectivity index (χ4v) is 5.35. The second kappa shape index (κ2) is 11.0. The molecule has 2 aliphatic heterocycles. The molecule has 0 spiro atoms. The predicted octanol–water partition coefficient (Wildman–Crippen LogP) is 4.09. The maximum absolute atomic E-state index is 13.2. The van der Waals surface area contributed by atoms with E-state index in [1.54, 1.807) is 32.1 Å². The van der Waals surface area contributed by atoms with Gasteiger partial charge in [-0.3, -0.25) is 9.59 Å². The van der Waals surface area contributed by atoms with Gasteiger partial charge in [0.2, 0.25) is 0 Å². The van der Waals surface area contributed by atoms with E-state index in [1.165, 1.54) is 0 Å². The number of carbonyl (C=O) groups is 2. The van der Waals surface area contributed by atoms with Crippen molar-refractivity contribution in [2.24, 2.45) is 17.3 Å². The third-order valence-electron chi connectivity index (χ3n) is 7.41. The molecule has 1 aromatic heterocycles. The zero-order valence-electron chi connectivity index (χ0n) is 21.1. The molecule has 190 valence electrons. The van der Waals surface area contributed by atoms with Crippen LogP contribution in [0.5, 0.6) is 0 Å². The van der Waals surface area contributed by atoms with Gasteiger partial charge in [-0.05, 0) is 44.3 Å². The molecule has 8 heteroatoms. The van der Waals surface area contributed by atoms with Crippen molar-refractivity contribution in [2.75, 3.05) is 0 Å². The summed E-state index contributed by atoms with van der Waals surface area (Å²) in [6.45, 7) is 10.8. The molecule has 3 rings (SSSR count). The van der Waals surface area contributed by atoms with Crippen molar-refractivity contribution >= 4 is 29.2 Å². The summed E-state index contributed by atoms with van der Waals surface area (Å²) in [5.41, 5.74) is 0.494. The summed E-state index contributed by atoms with van der Waals surface area (Å²) in [5.74, 6) is -1.52. The molecule has 2 N–H and O–H groups in total.